The van der Waals surface area contributed by atoms with Gasteiger partial charge in [0.2, 0.25) is 0 Å². The van der Waals surface area contributed by atoms with E-state index in [1.807, 2.05) is 31.2 Å². The summed E-state index contributed by atoms with van der Waals surface area (Å²) in [6.07, 6.45) is 6.60. The Hall–Kier alpha value is -3.33. The molecule has 196 valence electrons. The number of hydrogen-bond donors (Lipinski definition) is 1. The van der Waals surface area contributed by atoms with Crippen LogP contribution < -0.4 is 15.5 Å². The number of hydrogen-bond acceptors (Lipinski definition) is 7. The number of nitrogens with zero attached hydrogens (tertiary/aromatic N) is 7. The van der Waals surface area contributed by atoms with E-state index in [0.29, 0.717) is 24.0 Å². The number of carbonyl (C=O) groups is 1. The zero-order valence-corrected chi connectivity index (χ0v) is 22.4. The van der Waals surface area contributed by atoms with E-state index in [4.69, 9.17) is 15.7 Å². The summed E-state index contributed by atoms with van der Waals surface area (Å²) in [4.78, 5) is 27.5. The van der Waals surface area contributed by atoms with E-state index in [2.05, 4.69) is 40.4 Å². The van der Waals surface area contributed by atoms with Crippen molar-refractivity contribution in [3.8, 4) is 11.5 Å². The molecule has 0 spiro atoms. The number of fused-ring (bicyclic) bond motifs is 1. The predicted molar refractivity (Wildman–Crippen MR) is 146 cm³/mol. The molecule has 3 aromatic heterocycles. The molecule has 2 N–H and O–H groups in total. The van der Waals surface area contributed by atoms with Gasteiger partial charge in [-0.25, -0.2) is 9.97 Å². The van der Waals surface area contributed by atoms with E-state index in [-0.39, 0.29) is 11.9 Å². The first-order valence-corrected chi connectivity index (χ1v) is 13.7. The second kappa shape index (κ2) is 10.6. The minimum absolute atomic E-state index is 0.0609. The Kier molecular flexibility index (Phi) is 7.24. The van der Waals surface area contributed by atoms with Gasteiger partial charge >= 0.3 is 0 Å². The normalized spacial score (nSPS) is 18.1. The molecule has 0 aliphatic carbocycles. The second-order valence-electron chi connectivity index (χ2n) is 10.3. The average Bonchev–Trinajstić information content (AvgIpc) is 3.60. The van der Waals surface area contributed by atoms with Crippen molar-refractivity contribution >= 4 is 17.5 Å². The largest absolute Gasteiger partial charge is 0.354 e. The molecule has 5 heterocycles. The van der Waals surface area contributed by atoms with Crippen LogP contribution in [0.15, 0.2) is 24.3 Å². The maximum atomic E-state index is 13.7. The molecule has 2 aliphatic heterocycles. The van der Waals surface area contributed by atoms with Gasteiger partial charge in [-0.3, -0.25) is 9.69 Å². The van der Waals surface area contributed by atoms with E-state index in [1.165, 1.54) is 12.8 Å². The molecule has 1 amide bonds. The van der Waals surface area contributed by atoms with Gasteiger partial charge in [0.05, 0.1) is 17.8 Å². The van der Waals surface area contributed by atoms with Crippen LogP contribution in [0.2, 0.25) is 0 Å². The number of pyridine rings is 2. The smallest absolute Gasteiger partial charge is 0.260 e. The standard InChI is InChI=1S/C28H38N8O/c1-5-7-8-13-24-32-33-27(34(24)6-2)22-12-9-14-23(30-22)36-17-21-20(28(36)37)16-25(31-26(21)19(4)29)35-15-10-11-18(35)3/h9,12,14,16,18-19H,5-8,10-11,13,15,17,29H2,1-4H3/t18-,19-/m1/s1. The molecule has 9 nitrogen and oxygen atoms in total. The molecule has 5 rings (SSSR count). The van der Waals surface area contributed by atoms with Gasteiger partial charge in [-0.1, -0.05) is 25.8 Å². The lowest BCUT2D eigenvalue weighted by molar-refractivity contribution is 0.0996. The van der Waals surface area contributed by atoms with Crippen molar-refractivity contribution in [3.63, 3.8) is 0 Å². The summed E-state index contributed by atoms with van der Waals surface area (Å²) < 4.78 is 2.13. The minimum atomic E-state index is -0.270. The maximum absolute atomic E-state index is 13.7. The van der Waals surface area contributed by atoms with Gasteiger partial charge in [0.1, 0.15) is 23.2 Å². The molecule has 2 atom stereocenters. The van der Waals surface area contributed by atoms with Crippen LogP contribution >= 0.6 is 0 Å². The first-order valence-electron chi connectivity index (χ1n) is 13.7. The third-order valence-corrected chi connectivity index (χ3v) is 7.60. The van der Waals surface area contributed by atoms with Gasteiger partial charge in [-0.05, 0) is 58.2 Å². The molecule has 2 aliphatic rings. The van der Waals surface area contributed by atoms with Crippen molar-refractivity contribution < 1.29 is 4.79 Å². The van der Waals surface area contributed by atoms with Crippen molar-refractivity contribution in [3.05, 3.63) is 46.9 Å². The Labute approximate surface area is 219 Å². The van der Waals surface area contributed by atoms with Crippen LogP contribution in [0.5, 0.6) is 0 Å². The van der Waals surface area contributed by atoms with Crippen LogP contribution in [0.1, 0.15) is 93.3 Å². The maximum Gasteiger partial charge on any atom is 0.260 e. The third kappa shape index (κ3) is 4.72. The molecule has 0 unspecified atom stereocenters. The number of carbonyl (C=O) groups excluding carboxylic acids is 1. The Morgan fingerprint density at radius 1 is 1.14 bits per heavy atom. The summed E-state index contributed by atoms with van der Waals surface area (Å²) in [7, 11) is 0. The third-order valence-electron chi connectivity index (χ3n) is 7.60. The zero-order valence-electron chi connectivity index (χ0n) is 22.4. The number of anilines is 2. The van der Waals surface area contributed by atoms with Gasteiger partial charge < -0.3 is 15.2 Å². The van der Waals surface area contributed by atoms with E-state index in [0.717, 1.165) is 73.2 Å². The molecule has 1 saturated heterocycles. The highest BCUT2D eigenvalue weighted by Crippen LogP contribution is 2.35. The number of unbranched alkanes of at least 4 members (excludes halogenated alkanes) is 2. The summed E-state index contributed by atoms with van der Waals surface area (Å²) in [5, 5.41) is 8.94. The molecule has 37 heavy (non-hydrogen) atoms. The van der Waals surface area contributed by atoms with Crippen molar-refractivity contribution in [2.24, 2.45) is 5.73 Å². The Balaban J connectivity index is 1.47. The fraction of sp³-hybridized carbons (Fsp3) is 0.536. The number of aromatic nitrogens is 5. The van der Waals surface area contributed by atoms with Gasteiger partial charge in [0.15, 0.2) is 5.82 Å². The lowest BCUT2D eigenvalue weighted by Crippen LogP contribution is -2.28. The Morgan fingerprint density at radius 3 is 2.68 bits per heavy atom. The lowest BCUT2D eigenvalue weighted by atomic mass is 10.0. The highest BCUT2D eigenvalue weighted by Gasteiger charge is 2.35. The first kappa shape index (κ1) is 25.3. The number of aryl methyl sites for hydroxylation is 1. The molecular weight excluding hydrogens is 464 g/mol. The monoisotopic (exact) mass is 502 g/mol. The Morgan fingerprint density at radius 2 is 1.97 bits per heavy atom. The van der Waals surface area contributed by atoms with Crippen molar-refractivity contribution in [2.45, 2.75) is 91.4 Å². The summed E-state index contributed by atoms with van der Waals surface area (Å²) in [5.41, 5.74) is 9.44. The van der Waals surface area contributed by atoms with Crippen LogP contribution in [-0.2, 0) is 19.5 Å². The topological polar surface area (TPSA) is 106 Å². The van der Waals surface area contributed by atoms with E-state index >= 15 is 0 Å². The molecule has 9 heteroatoms. The summed E-state index contributed by atoms with van der Waals surface area (Å²) in [6, 6.07) is 7.83. The molecular formula is C28H38N8O. The van der Waals surface area contributed by atoms with Gasteiger partial charge in [-0.2, -0.15) is 0 Å². The quantitative estimate of drug-likeness (QED) is 0.424. The molecule has 0 bridgehead atoms. The lowest BCUT2D eigenvalue weighted by Gasteiger charge is -2.24. The Bertz CT molecular complexity index is 1280. The fourth-order valence-electron chi connectivity index (χ4n) is 5.57. The van der Waals surface area contributed by atoms with Crippen LogP contribution in [0.4, 0.5) is 11.6 Å². The molecule has 1 fully saturated rings. The summed E-state index contributed by atoms with van der Waals surface area (Å²) in [5.74, 6) is 3.11. The van der Waals surface area contributed by atoms with Crippen molar-refractivity contribution in [2.75, 3.05) is 16.3 Å². The number of amides is 1. The first-order chi connectivity index (χ1) is 17.9. The number of rotatable bonds is 9. The van der Waals surface area contributed by atoms with E-state index < -0.39 is 0 Å². The van der Waals surface area contributed by atoms with Gasteiger partial charge in [-0.15, -0.1) is 10.2 Å². The summed E-state index contributed by atoms with van der Waals surface area (Å²) in [6.45, 7) is 10.6. The predicted octanol–water partition coefficient (Wildman–Crippen LogP) is 4.66. The molecule has 0 saturated carbocycles. The van der Waals surface area contributed by atoms with E-state index in [1.54, 1.807) is 4.90 Å². The van der Waals surface area contributed by atoms with Crippen molar-refractivity contribution in [1.29, 1.82) is 0 Å². The average molecular weight is 503 g/mol. The van der Waals surface area contributed by atoms with Crippen LogP contribution in [0, 0.1) is 0 Å². The van der Waals surface area contributed by atoms with Crippen molar-refractivity contribution in [1.82, 2.24) is 24.7 Å². The fourth-order valence-corrected chi connectivity index (χ4v) is 5.57. The van der Waals surface area contributed by atoms with Crippen LogP contribution in [0.25, 0.3) is 11.5 Å². The van der Waals surface area contributed by atoms with Gasteiger partial charge in [0.25, 0.3) is 5.91 Å². The number of nitrogens with two attached hydrogens (primary N) is 1. The second-order valence-corrected chi connectivity index (χ2v) is 10.3. The van der Waals surface area contributed by atoms with Crippen LogP contribution in [-0.4, -0.2) is 43.2 Å². The minimum Gasteiger partial charge on any atom is -0.354 e. The molecule has 0 radical (unpaired) electrons. The zero-order chi connectivity index (χ0) is 26.1. The van der Waals surface area contributed by atoms with Crippen LogP contribution in [0.3, 0.4) is 0 Å². The summed E-state index contributed by atoms with van der Waals surface area (Å²) >= 11 is 0. The highest BCUT2D eigenvalue weighted by atomic mass is 16.2. The van der Waals surface area contributed by atoms with E-state index in [9.17, 15) is 4.79 Å². The molecule has 3 aromatic rings. The molecule has 0 aromatic carbocycles. The van der Waals surface area contributed by atoms with Gasteiger partial charge in [0, 0.05) is 37.2 Å². The highest BCUT2D eigenvalue weighted by molar-refractivity contribution is 6.10. The SMILES string of the molecule is CCCCCc1nnc(-c2cccc(N3Cc4c(cc(N5CCC[C@H]5C)nc4[C@@H](C)N)C3=O)n2)n1CC.